The Kier molecular flexibility index (Phi) is 2.65. The lowest BCUT2D eigenvalue weighted by Gasteiger charge is -2.46. The minimum absolute atomic E-state index is 0.115. The number of pyridine rings is 1. The predicted molar refractivity (Wildman–Crippen MR) is 106 cm³/mol. The zero-order valence-corrected chi connectivity index (χ0v) is 16.5. The molecule has 0 radical (unpaired) electrons. The van der Waals surface area contributed by atoms with E-state index in [0.29, 0.717) is 0 Å². The summed E-state index contributed by atoms with van der Waals surface area (Å²) in [5, 5.41) is 3.10. The van der Waals surface area contributed by atoms with Crippen LogP contribution in [0.2, 0.25) is 0 Å². The maximum Gasteiger partial charge on any atom is 0.295 e. The Balaban J connectivity index is 1.89. The molecule has 2 heteroatoms. The van der Waals surface area contributed by atoms with Gasteiger partial charge in [0.05, 0.1) is 5.39 Å². The van der Waals surface area contributed by atoms with Crippen molar-refractivity contribution in [2.24, 2.45) is 0 Å². The largest absolute Gasteiger partial charge is 0.295 e. The van der Waals surface area contributed by atoms with E-state index in [1.807, 2.05) is 0 Å². The van der Waals surface area contributed by atoms with Crippen molar-refractivity contribution < 1.29 is 4.57 Å². The fourth-order valence-electron chi connectivity index (χ4n) is 6.99. The number of aromatic nitrogens is 2. The lowest BCUT2D eigenvalue weighted by atomic mass is 9.61. The Morgan fingerprint density at radius 3 is 2.69 bits per heavy atom. The third kappa shape index (κ3) is 1.37. The smallest absolute Gasteiger partial charge is 0.224 e. The van der Waals surface area contributed by atoms with E-state index in [9.17, 15) is 0 Å². The number of benzene rings is 1. The highest BCUT2D eigenvalue weighted by Gasteiger charge is 2.55. The summed E-state index contributed by atoms with van der Waals surface area (Å²) in [5.74, 6) is 1.56. The topological polar surface area (TPSA) is 8.29 Å². The van der Waals surface area contributed by atoms with Gasteiger partial charge in [-0.3, -0.25) is 0 Å². The minimum atomic E-state index is 0.115. The molecule has 1 aliphatic heterocycles. The first kappa shape index (κ1) is 15.2. The van der Waals surface area contributed by atoms with Gasteiger partial charge in [0.1, 0.15) is 23.6 Å². The van der Waals surface area contributed by atoms with E-state index in [2.05, 4.69) is 67.3 Å². The Bertz CT molecular complexity index is 1090. The van der Waals surface area contributed by atoms with Gasteiger partial charge in [0.25, 0.3) is 5.65 Å². The van der Waals surface area contributed by atoms with Crippen molar-refractivity contribution in [3.05, 3.63) is 47.4 Å². The van der Waals surface area contributed by atoms with Crippen molar-refractivity contribution in [1.82, 2.24) is 4.40 Å². The molecule has 1 fully saturated rings. The average molecular weight is 346 g/mol. The van der Waals surface area contributed by atoms with Crippen LogP contribution in [0.1, 0.15) is 88.5 Å². The summed E-state index contributed by atoms with van der Waals surface area (Å²) >= 11 is 0. The van der Waals surface area contributed by atoms with Gasteiger partial charge in [0.2, 0.25) is 0 Å². The van der Waals surface area contributed by atoms with Gasteiger partial charge in [-0.05, 0) is 55.9 Å². The van der Waals surface area contributed by atoms with Crippen molar-refractivity contribution in [2.75, 3.05) is 0 Å². The first-order valence-corrected chi connectivity index (χ1v) is 10.6. The molecule has 134 valence electrons. The zero-order valence-electron chi connectivity index (χ0n) is 16.5. The highest BCUT2D eigenvalue weighted by molar-refractivity contribution is 6.00. The fourth-order valence-corrected chi connectivity index (χ4v) is 6.99. The molecule has 3 heterocycles. The molecule has 4 atom stereocenters. The lowest BCUT2D eigenvalue weighted by Crippen LogP contribution is -2.65. The van der Waals surface area contributed by atoms with E-state index < -0.39 is 0 Å². The summed E-state index contributed by atoms with van der Waals surface area (Å²) in [4.78, 5) is 0. The van der Waals surface area contributed by atoms with Gasteiger partial charge in [-0.1, -0.05) is 39.0 Å². The van der Waals surface area contributed by atoms with Crippen LogP contribution in [0.5, 0.6) is 0 Å². The van der Waals surface area contributed by atoms with Crippen molar-refractivity contribution >= 4 is 16.4 Å². The van der Waals surface area contributed by atoms with Crippen LogP contribution in [-0.4, -0.2) is 4.40 Å². The number of fused-ring (bicyclic) bond motifs is 7. The molecule has 3 aromatic rings. The van der Waals surface area contributed by atoms with E-state index in [4.69, 9.17) is 0 Å². The second-order valence-electron chi connectivity index (χ2n) is 9.41. The molecule has 0 amide bonds. The van der Waals surface area contributed by atoms with Gasteiger partial charge in [-0.15, -0.1) is 0 Å². The lowest BCUT2D eigenvalue weighted by molar-refractivity contribution is -0.750. The summed E-state index contributed by atoms with van der Waals surface area (Å²) < 4.78 is 5.23. The van der Waals surface area contributed by atoms with E-state index in [1.165, 1.54) is 31.3 Å². The Morgan fingerprint density at radius 2 is 1.92 bits per heavy atom. The van der Waals surface area contributed by atoms with Crippen LogP contribution in [0.25, 0.3) is 16.4 Å². The van der Waals surface area contributed by atoms with Crippen molar-refractivity contribution in [1.29, 1.82) is 0 Å². The number of nitrogens with zero attached hydrogens (tertiary/aromatic N) is 2. The third-order valence-corrected chi connectivity index (χ3v) is 8.87. The molecule has 2 aliphatic carbocycles. The number of hydrogen-bond donors (Lipinski definition) is 0. The van der Waals surface area contributed by atoms with Gasteiger partial charge in [0, 0.05) is 16.9 Å². The van der Waals surface area contributed by atoms with Gasteiger partial charge >= 0.3 is 0 Å². The first-order valence-electron chi connectivity index (χ1n) is 10.6. The Morgan fingerprint density at radius 1 is 1.12 bits per heavy atom. The summed E-state index contributed by atoms with van der Waals surface area (Å²) in [6.45, 7) is 9.73. The summed E-state index contributed by atoms with van der Waals surface area (Å²) in [6, 6.07) is 7.18. The molecule has 4 unspecified atom stereocenters. The van der Waals surface area contributed by atoms with Crippen LogP contribution in [0.3, 0.4) is 0 Å². The maximum absolute atomic E-state index is 2.64. The molecule has 0 N–H and O–H groups in total. The van der Waals surface area contributed by atoms with Gasteiger partial charge < -0.3 is 0 Å². The monoisotopic (exact) mass is 345 g/mol. The zero-order chi connectivity index (χ0) is 17.8. The minimum Gasteiger partial charge on any atom is -0.224 e. The molecule has 2 bridgehead atoms. The van der Waals surface area contributed by atoms with Crippen molar-refractivity contribution in [3.63, 3.8) is 0 Å². The molecule has 1 saturated carbocycles. The molecular formula is C24H29N2+. The van der Waals surface area contributed by atoms with Crippen LogP contribution in [-0.2, 0) is 11.0 Å². The highest BCUT2D eigenvalue weighted by atomic mass is 15.2. The quantitative estimate of drug-likeness (QED) is 0.538. The first-order chi connectivity index (χ1) is 12.5. The van der Waals surface area contributed by atoms with Gasteiger partial charge in [-0.25, -0.2) is 4.57 Å². The van der Waals surface area contributed by atoms with Crippen LogP contribution in [0.15, 0.2) is 30.6 Å². The van der Waals surface area contributed by atoms with E-state index >= 15 is 0 Å². The van der Waals surface area contributed by atoms with E-state index in [0.717, 1.165) is 18.3 Å². The molecule has 6 rings (SSSR count). The van der Waals surface area contributed by atoms with Crippen molar-refractivity contribution in [3.8, 4) is 0 Å². The van der Waals surface area contributed by atoms with Crippen LogP contribution in [0.4, 0.5) is 0 Å². The maximum atomic E-state index is 2.64. The van der Waals surface area contributed by atoms with E-state index in [1.54, 1.807) is 27.6 Å². The second-order valence-corrected chi connectivity index (χ2v) is 9.41. The van der Waals surface area contributed by atoms with Crippen LogP contribution < -0.4 is 4.57 Å². The number of rotatable bonds is 2. The standard InChI is InChI=1S/C24H29N2/c1-5-23(3)18-9-7-8-17-19-15-10-11-16(14-15)21(19)25-12-13-26(22(25)20(17)18)24(23,4)6-2/h7-9,12-13,15-16H,5-6,10-11,14H2,1-4H3/q+1. The number of hydrogen-bond acceptors (Lipinski definition) is 0. The summed E-state index contributed by atoms with van der Waals surface area (Å²) in [7, 11) is 0. The highest BCUT2D eigenvalue weighted by Crippen LogP contribution is 2.57. The fraction of sp³-hybridized carbons (Fsp3) is 0.542. The Hall–Kier alpha value is -1.83. The summed E-state index contributed by atoms with van der Waals surface area (Å²) in [5.41, 5.74) is 6.63. The third-order valence-electron chi connectivity index (χ3n) is 8.87. The molecule has 2 nitrogen and oxygen atoms in total. The molecule has 26 heavy (non-hydrogen) atoms. The Labute approximate surface area is 155 Å². The molecule has 2 aromatic heterocycles. The molecular weight excluding hydrogens is 316 g/mol. The van der Waals surface area contributed by atoms with Crippen molar-refractivity contribution in [2.45, 2.75) is 82.6 Å². The number of imidazole rings is 1. The molecule has 1 aromatic carbocycles. The SMILES string of the molecule is CCC1(C)c2cccc3c4c(n5cc[n+](c5c23)C1(C)CC)C1CCC4C1. The van der Waals surface area contributed by atoms with Crippen LogP contribution in [0, 0.1) is 0 Å². The normalized spacial score (nSPS) is 34.3. The molecule has 3 aliphatic rings. The second kappa shape index (κ2) is 4.52. The van der Waals surface area contributed by atoms with Gasteiger partial charge in [-0.2, -0.15) is 4.40 Å². The van der Waals surface area contributed by atoms with E-state index in [-0.39, 0.29) is 11.0 Å². The molecule has 0 spiro atoms. The molecule has 0 saturated heterocycles. The van der Waals surface area contributed by atoms with Crippen LogP contribution >= 0.6 is 0 Å². The average Bonchev–Trinajstić information content (AvgIpc) is 3.39. The predicted octanol–water partition coefficient (Wildman–Crippen LogP) is 5.55. The summed E-state index contributed by atoms with van der Waals surface area (Å²) in [6.07, 6.45) is 11.2. The van der Waals surface area contributed by atoms with Gasteiger partial charge in [0.15, 0.2) is 0 Å².